The molecule has 4 N–H and O–H groups in total. The number of aromatic nitrogens is 2. The molecule has 4 heterocycles. The number of amides is 4. The number of anilines is 2. The summed E-state index contributed by atoms with van der Waals surface area (Å²) in [5.74, 6) is -1.64. The van der Waals surface area contributed by atoms with E-state index >= 15 is 0 Å². The molecular formula is C34H37N9O4. The van der Waals surface area contributed by atoms with E-state index in [9.17, 15) is 19.2 Å². The second-order valence-corrected chi connectivity index (χ2v) is 12.8. The van der Waals surface area contributed by atoms with Gasteiger partial charge in [0.15, 0.2) is 0 Å². The molecule has 13 nitrogen and oxygen atoms in total. The molecule has 7 rings (SSSR count). The van der Waals surface area contributed by atoms with Crippen LogP contribution >= 0.6 is 0 Å². The van der Waals surface area contributed by atoms with Gasteiger partial charge in [-0.25, -0.2) is 4.98 Å². The zero-order valence-corrected chi connectivity index (χ0v) is 26.2. The number of piperazine rings is 1. The lowest BCUT2D eigenvalue weighted by atomic mass is 9.80. The number of carbonyl (C=O) groups excluding carboxylic acids is 4. The molecule has 13 heteroatoms. The lowest BCUT2D eigenvalue weighted by molar-refractivity contribution is -0.136. The Labute approximate surface area is 271 Å². The van der Waals surface area contributed by atoms with Gasteiger partial charge in [-0.1, -0.05) is 0 Å². The second-order valence-electron chi connectivity index (χ2n) is 12.8. The van der Waals surface area contributed by atoms with Gasteiger partial charge >= 0.3 is 0 Å². The summed E-state index contributed by atoms with van der Waals surface area (Å²) < 4.78 is 0. The fourth-order valence-electron chi connectivity index (χ4n) is 6.68. The average Bonchev–Trinajstić information content (AvgIpc) is 3.30. The summed E-state index contributed by atoms with van der Waals surface area (Å²) in [4.78, 5) is 65.0. The van der Waals surface area contributed by atoms with Gasteiger partial charge < -0.3 is 25.8 Å². The Morgan fingerprint density at radius 3 is 2.55 bits per heavy atom. The van der Waals surface area contributed by atoms with Crippen molar-refractivity contribution in [2.24, 2.45) is 5.92 Å². The highest BCUT2D eigenvalue weighted by Gasteiger charge is 2.44. The second kappa shape index (κ2) is 12.6. The lowest BCUT2D eigenvalue weighted by Crippen LogP contribution is -2.54. The molecule has 0 spiro atoms. The smallest absolute Gasteiger partial charge is 0.262 e. The summed E-state index contributed by atoms with van der Waals surface area (Å²) >= 11 is 0. The standard InChI is InChI=1S/C34H37N9O4/c1-41-8-10-42(11-9-41)24-3-5-27-28(15-24)39-29(19-38-27)21(16-35)18-37-23-12-20(13-23)17-36-22-2-4-25-26(14-22)34(47)43(33(25)46)30-6-7-31(44)40-32(30)45/h2-5,14-16,18-20,23,30,35-37H,6-13,17H2,1H3,(H,40,44,45)/b21-18+,35-16?. The van der Waals surface area contributed by atoms with Crippen LogP contribution < -0.4 is 20.9 Å². The number of hydrogen-bond acceptors (Lipinski definition) is 11. The van der Waals surface area contributed by atoms with Gasteiger partial charge in [-0.3, -0.25) is 34.4 Å². The summed E-state index contributed by atoms with van der Waals surface area (Å²) in [6, 6.07) is 10.5. The van der Waals surface area contributed by atoms with E-state index in [4.69, 9.17) is 10.4 Å². The summed E-state index contributed by atoms with van der Waals surface area (Å²) in [6.45, 7) is 4.70. The number of imide groups is 2. The van der Waals surface area contributed by atoms with E-state index in [0.717, 1.165) is 66.3 Å². The molecule has 3 aliphatic heterocycles. The van der Waals surface area contributed by atoms with Crippen molar-refractivity contribution in [3.05, 3.63) is 65.6 Å². The van der Waals surface area contributed by atoms with E-state index in [0.29, 0.717) is 23.7 Å². The monoisotopic (exact) mass is 635 g/mol. The van der Waals surface area contributed by atoms with Gasteiger partial charge in [0.05, 0.1) is 34.1 Å². The van der Waals surface area contributed by atoms with Crippen LogP contribution in [0.15, 0.2) is 48.8 Å². The summed E-state index contributed by atoms with van der Waals surface area (Å²) in [6.07, 6.45) is 6.93. The largest absolute Gasteiger partial charge is 0.388 e. The third-order valence-corrected chi connectivity index (χ3v) is 9.59. The van der Waals surface area contributed by atoms with Gasteiger partial charge in [0.1, 0.15) is 6.04 Å². The van der Waals surface area contributed by atoms with E-state index in [1.807, 2.05) is 12.3 Å². The molecule has 242 valence electrons. The van der Waals surface area contributed by atoms with Crippen molar-refractivity contribution in [1.82, 2.24) is 30.4 Å². The minimum atomic E-state index is -0.980. The molecule has 1 unspecified atom stereocenters. The Morgan fingerprint density at radius 2 is 1.79 bits per heavy atom. The van der Waals surface area contributed by atoms with Crippen LogP contribution in [0.2, 0.25) is 0 Å². The normalized spacial score (nSPS) is 23.4. The van der Waals surface area contributed by atoms with Gasteiger partial charge in [0.25, 0.3) is 11.8 Å². The maximum atomic E-state index is 13.1. The molecule has 47 heavy (non-hydrogen) atoms. The number of likely N-dealkylation sites (N-methyl/N-ethyl adjacent to an activating group) is 1. The highest BCUT2D eigenvalue weighted by atomic mass is 16.2. The Morgan fingerprint density at radius 1 is 1.00 bits per heavy atom. The number of allylic oxidation sites excluding steroid dienone is 1. The van der Waals surface area contributed by atoms with Crippen molar-refractivity contribution in [3.8, 4) is 0 Å². The fourth-order valence-corrected chi connectivity index (χ4v) is 6.68. The Hall–Kier alpha value is -5.17. The van der Waals surface area contributed by atoms with Crippen LogP contribution in [-0.4, -0.2) is 101 Å². The third kappa shape index (κ3) is 6.06. The first kappa shape index (κ1) is 30.5. The number of nitrogens with one attached hydrogen (secondary N) is 4. The van der Waals surface area contributed by atoms with Crippen molar-refractivity contribution in [1.29, 1.82) is 5.41 Å². The number of hydrogen-bond donors (Lipinski definition) is 4. The van der Waals surface area contributed by atoms with Crippen LogP contribution in [0.1, 0.15) is 52.1 Å². The third-order valence-electron chi connectivity index (χ3n) is 9.59. The van der Waals surface area contributed by atoms with Crippen LogP contribution in [0.5, 0.6) is 0 Å². The van der Waals surface area contributed by atoms with Crippen molar-refractivity contribution in [3.63, 3.8) is 0 Å². The van der Waals surface area contributed by atoms with E-state index < -0.39 is 29.7 Å². The summed E-state index contributed by atoms with van der Waals surface area (Å²) in [7, 11) is 2.14. The molecule has 4 amide bonds. The van der Waals surface area contributed by atoms with E-state index in [2.05, 4.69) is 49.9 Å². The highest BCUT2D eigenvalue weighted by Crippen LogP contribution is 2.32. The average molecular weight is 636 g/mol. The molecule has 0 bridgehead atoms. The SMILES string of the molecule is CN1CCN(c2ccc3ncc(/C(C=N)=C/NC4CC(CNc5ccc6c(c5)C(=O)N(C5CCC(=O)NC5=O)C6=O)C4)nc3c2)CC1. The Kier molecular flexibility index (Phi) is 8.14. The molecule has 1 aromatic heterocycles. The molecule has 2 aromatic carbocycles. The van der Waals surface area contributed by atoms with Crippen molar-refractivity contribution in [2.45, 2.75) is 37.8 Å². The number of carbonyl (C=O) groups is 4. The topological polar surface area (TPSA) is 164 Å². The van der Waals surface area contributed by atoms with Crippen LogP contribution in [-0.2, 0) is 9.59 Å². The molecule has 1 atom stereocenters. The fraction of sp³-hybridized carbons (Fsp3) is 0.382. The molecule has 3 fully saturated rings. The van der Waals surface area contributed by atoms with Crippen LogP contribution in [0.25, 0.3) is 16.6 Å². The maximum Gasteiger partial charge on any atom is 0.262 e. The van der Waals surface area contributed by atoms with Gasteiger partial charge in [-0.2, -0.15) is 0 Å². The molecule has 3 aromatic rings. The summed E-state index contributed by atoms with van der Waals surface area (Å²) in [5, 5.41) is 17.0. The first-order chi connectivity index (χ1) is 22.8. The first-order valence-corrected chi connectivity index (χ1v) is 16.0. The highest BCUT2D eigenvalue weighted by molar-refractivity contribution is 6.23. The molecule has 1 saturated carbocycles. The predicted octanol–water partition coefficient (Wildman–Crippen LogP) is 2.25. The minimum absolute atomic E-state index is 0.0853. The van der Waals surface area contributed by atoms with E-state index in [1.165, 1.54) is 6.21 Å². The van der Waals surface area contributed by atoms with Crippen LogP contribution in [0.4, 0.5) is 11.4 Å². The molecule has 0 radical (unpaired) electrons. The molecule has 4 aliphatic rings. The minimum Gasteiger partial charge on any atom is -0.388 e. The van der Waals surface area contributed by atoms with Crippen LogP contribution in [0.3, 0.4) is 0 Å². The predicted molar refractivity (Wildman–Crippen MR) is 177 cm³/mol. The van der Waals surface area contributed by atoms with Gasteiger partial charge in [-0.15, -0.1) is 0 Å². The first-order valence-electron chi connectivity index (χ1n) is 16.0. The van der Waals surface area contributed by atoms with E-state index in [1.54, 1.807) is 24.4 Å². The van der Waals surface area contributed by atoms with Gasteiger partial charge in [0, 0.05) is 74.5 Å². The number of rotatable bonds is 9. The van der Waals surface area contributed by atoms with Gasteiger partial charge in [-0.05, 0) is 68.6 Å². The molecular weight excluding hydrogens is 598 g/mol. The maximum absolute atomic E-state index is 13.1. The van der Waals surface area contributed by atoms with E-state index in [-0.39, 0.29) is 30.0 Å². The number of benzene rings is 2. The molecule has 2 saturated heterocycles. The van der Waals surface area contributed by atoms with Gasteiger partial charge in [0.2, 0.25) is 11.8 Å². The Balaban J connectivity index is 0.927. The lowest BCUT2D eigenvalue weighted by Gasteiger charge is -2.36. The summed E-state index contributed by atoms with van der Waals surface area (Å²) in [5.41, 5.74) is 5.32. The molecule has 1 aliphatic carbocycles. The number of piperidine rings is 1. The van der Waals surface area contributed by atoms with Crippen molar-refractivity contribution in [2.75, 3.05) is 50.0 Å². The zero-order valence-electron chi connectivity index (χ0n) is 26.2. The quantitative estimate of drug-likeness (QED) is 0.203. The Bertz CT molecular complexity index is 1810. The number of fused-ring (bicyclic) bond motifs is 2. The van der Waals surface area contributed by atoms with Crippen molar-refractivity contribution >= 4 is 57.8 Å². The zero-order chi connectivity index (χ0) is 32.7. The van der Waals surface area contributed by atoms with Crippen LogP contribution in [0, 0.1) is 11.3 Å². The van der Waals surface area contributed by atoms with Crippen molar-refractivity contribution < 1.29 is 19.2 Å². The number of nitrogens with zero attached hydrogens (tertiary/aromatic N) is 5.